The van der Waals surface area contributed by atoms with Crippen molar-refractivity contribution in [3.63, 3.8) is 0 Å². The van der Waals surface area contributed by atoms with Crippen LogP contribution in [0.3, 0.4) is 0 Å². The molecule has 6 N–H and O–H groups in total. The van der Waals surface area contributed by atoms with Crippen LogP contribution >= 0.6 is 0 Å². The quantitative estimate of drug-likeness (QED) is 0.639. The maximum Gasteiger partial charge on any atom is 0.118 e. The van der Waals surface area contributed by atoms with Crippen LogP contribution in [0.5, 0.6) is 5.75 Å². The first-order valence-corrected chi connectivity index (χ1v) is 8.65. The number of ether oxygens (including phenoxy) is 1. The summed E-state index contributed by atoms with van der Waals surface area (Å²) in [4.78, 5) is 0. The van der Waals surface area contributed by atoms with Crippen molar-refractivity contribution in [2.45, 2.75) is 18.9 Å². The first-order chi connectivity index (χ1) is 12.2. The van der Waals surface area contributed by atoms with E-state index in [0.29, 0.717) is 17.6 Å². The van der Waals surface area contributed by atoms with E-state index in [1.54, 1.807) is 7.11 Å². The molecule has 0 spiro atoms. The summed E-state index contributed by atoms with van der Waals surface area (Å²) in [6.07, 6.45) is 2.28. The maximum absolute atomic E-state index is 6.45. The van der Waals surface area contributed by atoms with Gasteiger partial charge in [0, 0.05) is 28.7 Å². The maximum atomic E-state index is 6.45. The SMILES string of the molecule is COc1ccc(/C(N)=c2\cccc\c2=C(\N)NC2CCCNC2)cc1. The first-order valence-electron chi connectivity index (χ1n) is 8.65. The van der Waals surface area contributed by atoms with Gasteiger partial charge in [-0.3, -0.25) is 0 Å². The molecule has 1 saturated heterocycles. The van der Waals surface area contributed by atoms with Crippen LogP contribution in [-0.2, 0) is 0 Å². The normalized spacial score (nSPS) is 19.8. The minimum atomic E-state index is 0.351. The number of piperidine rings is 1. The summed E-state index contributed by atoms with van der Waals surface area (Å²) < 4.78 is 5.21. The Kier molecular flexibility index (Phi) is 5.46. The van der Waals surface area contributed by atoms with Crippen LogP contribution in [0.15, 0.2) is 48.5 Å². The third kappa shape index (κ3) is 4.06. The molecule has 5 nitrogen and oxygen atoms in total. The van der Waals surface area contributed by atoms with Gasteiger partial charge < -0.3 is 26.8 Å². The Morgan fingerprint density at radius 1 is 1.08 bits per heavy atom. The van der Waals surface area contributed by atoms with Crippen LogP contribution in [0, 0.1) is 0 Å². The predicted molar refractivity (Wildman–Crippen MR) is 102 cm³/mol. The molecule has 1 aliphatic heterocycles. The molecule has 5 heteroatoms. The first kappa shape index (κ1) is 17.2. The van der Waals surface area contributed by atoms with Gasteiger partial charge in [-0.15, -0.1) is 0 Å². The minimum absolute atomic E-state index is 0.351. The van der Waals surface area contributed by atoms with Gasteiger partial charge in [0.1, 0.15) is 11.6 Å². The number of benzene rings is 2. The molecule has 3 rings (SSSR count). The third-order valence-electron chi connectivity index (χ3n) is 4.56. The molecule has 1 atom stereocenters. The van der Waals surface area contributed by atoms with E-state index in [4.69, 9.17) is 16.2 Å². The fourth-order valence-electron chi connectivity index (χ4n) is 3.15. The van der Waals surface area contributed by atoms with Gasteiger partial charge in [0.05, 0.1) is 7.11 Å². The summed E-state index contributed by atoms with van der Waals surface area (Å²) >= 11 is 0. The zero-order valence-corrected chi connectivity index (χ0v) is 14.6. The van der Waals surface area contributed by atoms with Crippen molar-refractivity contribution in [2.24, 2.45) is 11.5 Å². The zero-order chi connectivity index (χ0) is 17.6. The lowest BCUT2D eigenvalue weighted by Gasteiger charge is -2.24. The average Bonchev–Trinajstić information content (AvgIpc) is 2.68. The van der Waals surface area contributed by atoms with Gasteiger partial charge in [0.2, 0.25) is 0 Å². The van der Waals surface area contributed by atoms with Crippen LogP contribution in [-0.4, -0.2) is 26.2 Å². The summed E-state index contributed by atoms with van der Waals surface area (Å²) in [5.74, 6) is 1.48. The molecule has 1 aliphatic rings. The van der Waals surface area contributed by atoms with E-state index < -0.39 is 0 Å². The van der Waals surface area contributed by atoms with Crippen molar-refractivity contribution in [2.75, 3.05) is 20.2 Å². The molecule has 0 amide bonds. The van der Waals surface area contributed by atoms with Crippen molar-refractivity contribution in [3.05, 3.63) is 64.5 Å². The molecule has 0 saturated carbocycles. The third-order valence-corrected chi connectivity index (χ3v) is 4.56. The molecular weight excluding hydrogens is 312 g/mol. The van der Waals surface area contributed by atoms with E-state index >= 15 is 0 Å². The van der Waals surface area contributed by atoms with E-state index in [1.165, 1.54) is 0 Å². The van der Waals surface area contributed by atoms with Gasteiger partial charge in [-0.2, -0.15) is 0 Å². The summed E-state index contributed by atoms with van der Waals surface area (Å²) in [6.45, 7) is 2.01. The molecule has 132 valence electrons. The van der Waals surface area contributed by atoms with Crippen molar-refractivity contribution in [1.82, 2.24) is 10.6 Å². The van der Waals surface area contributed by atoms with Crippen LogP contribution in [0.1, 0.15) is 18.4 Å². The van der Waals surface area contributed by atoms with Crippen molar-refractivity contribution < 1.29 is 4.74 Å². The second-order valence-electron chi connectivity index (χ2n) is 6.29. The number of hydrogen-bond acceptors (Lipinski definition) is 5. The lowest BCUT2D eigenvalue weighted by molar-refractivity contribution is 0.415. The molecule has 1 unspecified atom stereocenters. The highest BCUT2D eigenvalue weighted by molar-refractivity contribution is 5.64. The highest BCUT2D eigenvalue weighted by Gasteiger charge is 2.12. The molecule has 0 radical (unpaired) electrons. The van der Waals surface area contributed by atoms with E-state index in [-0.39, 0.29) is 0 Å². The number of rotatable bonds is 4. The second kappa shape index (κ2) is 7.94. The fourth-order valence-corrected chi connectivity index (χ4v) is 3.15. The molecule has 25 heavy (non-hydrogen) atoms. The number of methoxy groups -OCH3 is 1. The molecule has 2 aromatic rings. The van der Waals surface area contributed by atoms with Crippen molar-refractivity contribution in [3.8, 4) is 5.75 Å². The molecule has 1 fully saturated rings. The minimum Gasteiger partial charge on any atom is -0.497 e. The molecular formula is C20H26N4O. The molecule has 0 aliphatic carbocycles. The predicted octanol–water partition coefficient (Wildman–Crippen LogP) is 0.176. The summed E-state index contributed by atoms with van der Waals surface area (Å²) in [5, 5.41) is 8.70. The summed E-state index contributed by atoms with van der Waals surface area (Å²) in [7, 11) is 1.65. The van der Waals surface area contributed by atoms with Crippen LogP contribution in [0.4, 0.5) is 0 Å². The number of nitrogens with one attached hydrogen (secondary N) is 2. The van der Waals surface area contributed by atoms with Gasteiger partial charge in [0.15, 0.2) is 0 Å². The molecule has 0 aromatic heterocycles. The van der Waals surface area contributed by atoms with E-state index in [1.807, 2.05) is 48.5 Å². The van der Waals surface area contributed by atoms with Crippen LogP contribution in [0.2, 0.25) is 0 Å². The van der Waals surface area contributed by atoms with Crippen LogP contribution in [0.25, 0.3) is 11.5 Å². The monoisotopic (exact) mass is 338 g/mol. The van der Waals surface area contributed by atoms with Gasteiger partial charge in [-0.25, -0.2) is 0 Å². The highest BCUT2D eigenvalue weighted by Crippen LogP contribution is 2.13. The van der Waals surface area contributed by atoms with E-state index in [2.05, 4.69) is 10.6 Å². The summed E-state index contributed by atoms with van der Waals surface area (Å²) in [6, 6.07) is 16.0. The molecule has 1 heterocycles. The second-order valence-corrected chi connectivity index (χ2v) is 6.29. The lowest BCUT2D eigenvalue weighted by Crippen LogP contribution is -2.47. The van der Waals surface area contributed by atoms with Gasteiger partial charge in [-0.1, -0.05) is 24.3 Å². The largest absolute Gasteiger partial charge is 0.497 e. The highest BCUT2D eigenvalue weighted by atomic mass is 16.5. The smallest absolute Gasteiger partial charge is 0.118 e. The Morgan fingerprint density at radius 3 is 2.44 bits per heavy atom. The van der Waals surface area contributed by atoms with Crippen molar-refractivity contribution >= 4 is 11.5 Å². The Hall–Kier alpha value is -2.66. The van der Waals surface area contributed by atoms with E-state index in [0.717, 1.165) is 47.7 Å². The van der Waals surface area contributed by atoms with Crippen LogP contribution < -0.4 is 37.3 Å². The Morgan fingerprint density at radius 2 is 1.80 bits per heavy atom. The lowest BCUT2D eigenvalue weighted by atomic mass is 10.1. The van der Waals surface area contributed by atoms with Crippen molar-refractivity contribution in [1.29, 1.82) is 0 Å². The van der Waals surface area contributed by atoms with Gasteiger partial charge >= 0.3 is 0 Å². The van der Waals surface area contributed by atoms with Gasteiger partial charge in [0.25, 0.3) is 0 Å². The number of hydrogen-bond donors (Lipinski definition) is 4. The number of nitrogens with two attached hydrogens (primary N) is 2. The standard InChI is InChI=1S/C20H26N4O/c1-25-16-10-8-14(9-11-16)19(21)17-6-2-3-7-18(17)20(22)24-15-5-4-12-23-13-15/h2-3,6-11,15,23-24H,4-5,12-13,21-22H2,1H3/b19-17-,20-18+. The van der Waals surface area contributed by atoms with E-state index in [9.17, 15) is 0 Å². The Labute approximate surface area is 148 Å². The van der Waals surface area contributed by atoms with Gasteiger partial charge in [-0.05, 0) is 49.2 Å². The average molecular weight is 338 g/mol. The zero-order valence-electron chi connectivity index (χ0n) is 14.6. The fraction of sp³-hybridized carbons (Fsp3) is 0.300. The molecule has 0 bridgehead atoms. The summed E-state index contributed by atoms with van der Waals surface area (Å²) in [5.41, 5.74) is 14.5. The topological polar surface area (TPSA) is 85.3 Å². The molecule has 2 aromatic carbocycles. The Bertz CT molecular complexity index is 824. The Balaban J connectivity index is 2.02.